The predicted molar refractivity (Wildman–Crippen MR) is 56.9 cm³/mol. The van der Waals surface area contributed by atoms with Gasteiger partial charge in [0.15, 0.2) is 6.29 Å². The van der Waals surface area contributed by atoms with E-state index in [0.717, 1.165) is 0 Å². The Hall–Kier alpha value is -1.90. The van der Waals surface area contributed by atoms with E-state index in [0.29, 0.717) is 24.0 Å². The van der Waals surface area contributed by atoms with Crippen LogP contribution in [-0.4, -0.2) is 12.3 Å². The maximum absolute atomic E-state index is 11.3. The number of para-hydroxylation sites is 1. The van der Waals surface area contributed by atoms with Crippen LogP contribution >= 0.6 is 0 Å². The topological polar surface area (TPSA) is 43.4 Å². The highest BCUT2D eigenvalue weighted by Crippen LogP contribution is 2.16. The minimum atomic E-state index is -0.357. The van der Waals surface area contributed by atoms with Gasteiger partial charge in [-0.05, 0) is 18.6 Å². The summed E-state index contributed by atoms with van der Waals surface area (Å²) < 4.78 is 5.02. The second kappa shape index (κ2) is 5.75. The second-order valence-corrected chi connectivity index (χ2v) is 2.96. The van der Waals surface area contributed by atoms with Crippen LogP contribution in [0.4, 0.5) is 0 Å². The molecule has 15 heavy (non-hydrogen) atoms. The Labute approximate surface area is 88.4 Å². The van der Waals surface area contributed by atoms with Crippen molar-refractivity contribution in [1.82, 2.24) is 0 Å². The number of allylic oxidation sites excluding steroid dienone is 1. The molecule has 0 radical (unpaired) electrons. The SMILES string of the molecule is C=CCCC(=O)Oc1ccccc1C=O. The van der Waals surface area contributed by atoms with Gasteiger partial charge < -0.3 is 4.74 Å². The quantitative estimate of drug-likeness (QED) is 0.320. The van der Waals surface area contributed by atoms with Crippen molar-refractivity contribution in [2.75, 3.05) is 0 Å². The van der Waals surface area contributed by atoms with Gasteiger partial charge in [-0.1, -0.05) is 18.2 Å². The molecule has 0 atom stereocenters. The maximum Gasteiger partial charge on any atom is 0.311 e. The van der Waals surface area contributed by atoms with Crippen molar-refractivity contribution in [3.05, 3.63) is 42.5 Å². The molecule has 1 aromatic rings. The molecule has 1 aromatic carbocycles. The van der Waals surface area contributed by atoms with Gasteiger partial charge >= 0.3 is 5.97 Å². The fourth-order valence-electron chi connectivity index (χ4n) is 1.06. The summed E-state index contributed by atoms with van der Waals surface area (Å²) in [4.78, 5) is 21.9. The highest BCUT2D eigenvalue weighted by molar-refractivity contribution is 5.82. The lowest BCUT2D eigenvalue weighted by Crippen LogP contribution is -2.08. The molecular formula is C12H12O3. The van der Waals surface area contributed by atoms with Crippen molar-refractivity contribution < 1.29 is 14.3 Å². The molecule has 0 N–H and O–H groups in total. The number of hydrogen-bond donors (Lipinski definition) is 0. The molecule has 0 heterocycles. The average Bonchev–Trinajstić information content (AvgIpc) is 2.27. The number of hydrogen-bond acceptors (Lipinski definition) is 3. The van der Waals surface area contributed by atoms with E-state index in [2.05, 4.69) is 6.58 Å². The summed E-state index contributed by atoms with van der Waals surface area (Å²) in [5.41, 5.74) is 0.379. The summed E-state index contributed by atoms with van der Waals surface area (Å²) in [6, 6.07) is 6.62. The lowest BCUT2D eigenvalue weighted by atomic mass is 10.2. The van der Waals surface area contributed by atoms with Crippen molar-refractivity contribution in [2.45, 2.75) is 12.8 Å². The van der Waals surface area contributed by atoms with Gasteiger partial charge in [-0.3, -0.25) is 9.59 Å². The maximum atomic E-state index is 11.3. The number of benzene rings is 1. The molecule has 0 aliphatic rings. The van der Waals surface area contributed by atoms with Crippen LogP contribution in [0.25, 0.3) is 0 Å². The van der Waals surface area contributed by atoms with E-state index in [1.54, 1.807) is 30.3 Å². The third-order valence-electron chi connectivity index (χ3n) is 1.82. The van der Waals surface area contributed by atoms with Crippen LogP contribution in [0, 0.1) is 0 Å². The third kappa shape index (κ3) is 3.38. The molecule has 0 saturated heterocycles. The van der Waals surface area contributed by atoms with Gasteiger partial charge in [0.2, 0.25) is 0 Å². The summed E-state index contributed by atoms with van der Waals surface area (Å²) in [7, 11) is 0. The first-order valence-corrected chi connectivity index (χ1v) is 4.63. The van der Waals surface area contributed by atoms with E-state index < -0.39 is 0 Å². The molecule has 78 valence electrons. The first kappa shape index (κ1) is 11.2. The zero-order valence-electron chi connectivity index (χ0n) is 8.31. The van der Waals surface area contributed by atoms with Crippen LogP contribution in [0.1, 0.15) is 23.2 Å². The minimum absolute atomic E-state index is 0.274. The van der Waals surface area contributed by atoms with Gasteiger partial charge in [0, 0.05) is 6.42 Å². The van der Waals surface area contributed by atoms with Crippen LogP contribution in [-0.2, 0) is 4.79 Å². The fourth-order valence-corrected chi connectivity index (χ4v) is 1.06. The Morgan fingerprint density at radius 3 is 2.80 bits per heavy atom. The molecule has 3 nitrogen and oxygen atoms in total. The summed E-state index contributed by atoms with van der Waals surface area (Å²) in [6.45, 7) is 3.51. The molecule has 0 aromatic heterocycles. The van der Waals surface area contributed by atoms with E-state index in [-0.39, 0.29) is 12.4 Å². The number of carbonyl (C=O) groups is 2. The molecular weight excluding hydrogens is 192 g/mol. The Balaban J connectivity index is 2.67. The van der Waals surface area contributed by atoms with E-state index in [4.69, 9.17) is 4.74 Å². The predicted octanol–water partition coefficient (Wildman–Crippen LogP) is 2.37. The summed E-state index contributed by atoms with van der Waals surface area (Å²) >= 11 is 0. The third-order valence-corrected chi connectivity index (χ3v) is 1.82. The van der Waals surface area contributed by atoms with Gasteiger partial charge in [0.1, 0.15) is 5.75 Å². The molecule has 1 rings (SSSR count). The Bertz CT molecular complexity index is 369. The summed E-state index contributed by atoms with van der Waals surface area (Å²) in [6.07, 6.45) is 3.15. The molecule has 0 saturated carbocycles. The lowest BCUT2D eigenvalue weighted by Gasteiger charge is -2.04. The summed E-state index contributed by atoms with van der Waals surface area (Å²) in [5, 5.41) is 0. The fraction of sp³-hybridized carbons (Fsp3) is 0.167. The van der Waals surface area contributed by atoms with Crippen LogP contribution in [0.2, 0.25) is 0 Å². The molecule has 0 bridgehead atoms. The molecule has 0 unspecified atom stereocenters. The average molecular weight is 204 g/mol. The number of carbonyl (C=O) groups excluding carboxylic acids is 2. The Morgan fingerprint density at radius 1 is 1.40 bits per heavy atom. The largest absolute Gasteiger partial charge is 0.426 e. The van der Waals surface area contributed by atoms with Gasteiger partial charge in [-0.25, -0.2) is 0 Å². The highest BCUT2D eigenvalue weighted by atomic mass is 16.5. The number of aldehydes is 1. The van der Waals surface area contributed by atoms with Crippen molar-refractivity contribution in [3.63, 3.8) is 0 Å². The van der Waals surface area contributed by atoms with Gasteiger partial charge in [0.05, 0.1) is 5.56 Å². The highest BCUT2D eigenvalue weighted by Gasteiger charge is 2.06. The lowest BCUT2D eigenvalue weighted by molar-refractivity contribution is -0.134. The van der Waals surface area contributed by atoms with E-state index in [9.17, 15) is 9.59 Å². The van der Waals surface area contributed by atoms with Crippen LogP contribution in [0.15, 0.2) is 36.9 Å². The smallest absolute Gasteiger partial charge is 0.311 e. The Morgan fingerprint density at radius 2 is 2.13 bits per heavy atom. The zero-order chi connectivity index (χ0) is 11.1. The van der Waals surface area contributed by atoms with E-state index in [1.165, 1.54) is 0 Å². The minimum Gasteiger partial charge on any atom is -0.426 e. The van der Waals surface area contributed by atoms with Gasteiger partial charge in [-0.2, -0.15) is 0 Å². The first-order valence-electron chi connectivity index (χ1n) is 4.63. The molecule has 0 aliphatic heterocycles. The number of rotatable bonds is 5. The Kier molecular flexibility index (Phi) is 4.29. The van der Waals surface area contributed by atoms with Crippen LogP contribution in [0.5, 0.6) is 5.75 Å². The van der Waals surface area contributed by atoms with Crippen LogP contribution < -0.4 is 4.74 Å². The first-order chi connectivity index (χ1) is 7.27. The van der Waals surface area contributed by atoms with Gasteiger partial charge in [-0.15, -0.1) is 6.58 Å². The normalized spacial score (nSPS) is 9.33. The van der Waals surface area contributed by atoms with E-state index >= 15 is 0 Å². The monoisotopic (exact) mass is 204 g/mol. The number of ether oxygens (including phenoxy) is 1. The second-order valence-electron chi connectivity index (χ2n) is 2.96. The zero-order valence-corrected chi connectivity index (χ0v) is 8.31. The molecule has 3 heteroatoms. The summed E-state index contributed by atoms with van der Waals surface area (Å²) in [5.74, 6) is -0.0502. The van der Waals surface area contributed by atoms with Crippen molar-refractivity contribution >= 4 is 12.3 Å². The van der Waals surface area contributed by atoms with E-state index in [1.807, 2.05) is 0 Å². The van der Waals surface area contributed by atoms with Crippen molar-refractivity contribution in [3.8, 4) is 5.75 Å². The standard InChI is InChI=1S/C12H12O3/c1-2-3-8-12(14)15-11-7-5-4-6-10(11)9-13/h2,4-7,9H,1,3,8H2. The van der Waals surface area contributed by atoms with Crippen molar-refractivity contribution in [2.24, 2.45) is 0 Å². The molecule has 0 spiro atoms. The molecule has 0 aliphatic carbocycles. The molecule has 0 fully saturated rings. The van der Waals surface area contributed by atoms with Gasteiger partial charge in [0.25, 0.3) is 0 Å². The van der Waals surface area contributed by atoms with Crippen molar-refractivity contribution in [1.29, 1.82) is 0 Å². The molecule has 0 amide bonds. The number of esters is 1. The van der Waals surface area contributed by atoms with Crippen LogP contribution in [0.3, 0.4) is 0 Å².